The second-order valence-electron chi connectivity index (χ2n) is 9.56. The van der Waals surface area contributed by atoms with Crippen molar-refractivity contribution in [3.63, 3.8) is 0 Å². The number of carbonyl (C=O) groups is 2. The highest BCUT2D eigenvalue weighted by atomic mass is 127. The fourth-order valence-corrected chi connectivity index (χ4v) is 4.88. The summed E-state index contributed by atoms with van der Waals surface area (Å²) in [6.45, 7) is 7.58. The Kier molecular flexibility index (Phi) is 10.3. The van der Waals surface area contributed by atoms with Gasteiger partial charge >= 0.3 is 11.9 Å². The Labute approximate surface area is 257 Å². The number of methoxy groups -OCH3 is 1. The first-order valence-electron chi connectivity index (χ1n) is 13.1. The molecule has 0 aliphatic carbocycles. The van der Waals surface area contributed by atoms with E-state index in [2.05, 4.69) is 63.7 Å². The fourth-order valence-electron chi connectivity index (χ4n) is 4.10. The third kappa shape index (κ3) is 7.93. The summed E-state index contributed by atoms with van der Waals surface area (Å²) in [5.41, 5.74) is 6.47. The maximum atomic E-state index is 12.5. The van der Waals surface area contributed by atoms with E-state index in [0.29, 0.717) is 32.1 Å². The zero-order chi connectivity index (χ0) is 30.2. The van der Waals surface area contributed by atoms with Gasteiger partial charge in [-0.2, -0.15) is 5.10 Å². The fraction of sp³-hybridized carbons (Fsp3) is 0.258. The molecular weight excluding hydrogens is 653 g/mol. The van der Waals surface area contributed by atoms with Crippen molar-refractivity contribution in [1.82, 2.24) is 9.99 Å². The van der Waals surface area contributed by atoms with Crippen molar-refractivity contribution in [1.29, 1.82) is 0 Å². The summed E-state index contributed by atoms with van der Waals surface area (Å²) in [6.07, 6.45) is 1.23. The molecule has 4 aromatic rings. The second kappa shape index (κ2) is 14.1. The topological polar surface area (TPSA) is 114 Å². The smallest absolute Gasteiger partial charge is 0.344 e. The number of nitrogens with zero attached hydrogens (tertiary/aromatic N) is 2. The van der Waals surface area contributed by atoms with Crippen LogP contribution >= 0.6 is 22.6 Å². The Morgan fingerprint density at radius 2 is 1.74 bits per heavy atom. The first-order valence-corrected chi connectivity index (χ1v) is 14.2. The number of hydrazone groups is 1. The molecule has 220 valence electrons. The van der Waals surface area contributed by atoms with Crippen LogP contribution in [-0.2, 0) is 16.1 Å². The van der Waals surface area contributed by atoms with Gasteiger partial charge in [-0.05, 0) is 117 Å². The molecule has 0 spiro atoms. The van der Waals surface area contributed by atoms with Gasteiger partial charge in [0.15, 0.2) is 23.9 Å². The van der Waals surface area contributed by atoms with Gasteiger partial charge in [0.25, 0.3) is 0 Å². The number of nitrogens with one attached hydrogen (secondary N) is 1. The van der Waals surface area contributed by atoms with E-state index in [1.807, 2.05) is 24.3 Å². The van der Waals surface area contributed by atoms with Gasteiger partial charge in [-0.25, -0.2) is 10.2 Å². The molecule has 11 heteroatoms. The minimum Gasteiger partial charge on any atom is -0.493 e. The molecule has 10 nitrogen and oxygen atoms in total. The third-order valence-corrected chi connectivity index (χ3v) is 6.77. The van der Waals surface area contributed by atoms with Crippen molar-refractivity contribution in [2.24, 2.45) is 5.10 Å². The second-order valence-corrected chi connectivity index (χ2v) is 10.7. The quantitative estimate of drug-likeness (QED) is 0.0846. The summed E-state index contributed by atoms with van der Waals surface area (Å²) in [4.78, 5) is 24.4. The number of halogens is 1. The lowest BCUT2D eigenvalue weighted by molar-refractivity contribution is -0.149. The Morgan fingerprint density at radius 3 is 2.40 bits per heavy atom. The van der Waals surface area contributed by atoms with Crippen LogP contribution in [0.3, 0.4) is 0 Å². The summed E-state index contributed by atoms with van der Waals surface area (Å²) < 4.78 is 30.4. The average Bonchev–Trinajstić information content (AvgIpc) is 3.57. The van der Waals surface area contributed by atoms with Gasteiger partial charge < -0.3 is 27.9 Å². The van der Waals surface area contributed by atoms with E-state index in [9.17, 15) is 9.59 Å². The molecule has 1 N–H and O–H groups in total. The number of furan rings is 1. The van der Waals surface area contributed by atoms with E-state index >= 15 is 0 Å². The molecule has 1 amide bonds. The molecule has 2 heterocycles. The van der Waals surface area contributed by atoms with E-state index in [-0.39, 0.29) is 25.1 Å². The van der Waals surface area contributed by atoms with Gasteiger partial charge in [0, 0.05) is 17.1 Å². The molecule has 2 aromatic carbocycles. The molecule has 42 heavy (non-hydrogen) atoms. The van der Waals surface area contributed by atoms with Crippen molar-refractivity contribution in [3.05, 3.63) is 92.7 Å². The van der Waals surface area contributed by atoms with E-state index < -0.39 is 11.9 Å². The molecule has 0 saturated carbocycles. The van der Waals surface area contributed by atoms with Crippen LogP contribution in [0, 0.1) is 17.4 Å². The average molecular weight is 686 g/mol. The Bertz CT molecular complexity index is 1550. The summed E-state index contributed by atoms with van der Waals surface area (Å²) in [5.74, 6) is 1.12. The SMILES string of the molecule is COc1cc(/C=N/NC(=O)c2ccc(COc3ccc(-n4c(C)ccc4C)cc3)o2)cc(I)c1OCC(=O)OC(C)C. The predicted octanol–water partition coefficient (Wildman–Crippen LogP) is 5.97. The summed E-state index contributed by atoms with van der Waals surface area (Å²) >= 11 is 2.07. The zero-order valence-corrected chi connectivity index (χ0v) is 26.1. The first kappa shape index (κ1) is 30.7. The van der Waals surface area contributed by atoms with E-state index in [4.69, 9.17) is 23.4 Å². The molecule has 0 unspecified atom stereocenters. The number of hydrogen-bond acceptors (Lipinski definition) is 8. The van der Waals surface area contributed by atoms with Crippen molar-refractivity contribution < 1.29 is 33.0 Å². The minimum absolute atomic E-state index is 0.101. The summed E-state index contributed by atoms with van der Waals surface area (Å²) in [7, 11) is 1.49. The molecule has 4 rings (SSSR count). The maximum Gasteiger partial charge on any atom is 0.344 e. The van der Waals surface area contributed by atoms with Crippen LogP contribution < -0.4 is 19.6 Å². The number of amides is 1. The number of rotatable bonds is 12. The molecule has 2 aromatic heterocycles. The molecular formula is C31H32IN3O7. The number of hydrogen-bond donors (Lipinski definition) is 1. The molecule has 0 saturated heterocycles. The monoisotopic (exact) mass is 685 g/mol. The van der Waals surface area contributed by atoms with Crippen molar-refractivity contribution >= 4 is 40.7 Å². The zero-order valence-electron chi connectivity index (χ0n) is 24.0. The number of ether oxygens (including phenoxy) is 4. The predicted molar refractivity (Wildman–Crippen MR) is 166 cm³/mol. The van der Waals surface area contributed by atoms with Gasteiger partial charge in [0.2, 0.25) is 0 Å². The molecule has 0 bridgehead atoms. The highest BCUT2D eigenvalue weighted by Gasteiger charge is 2.15. The van der Waals surface area contributed by atoms with Crippen molar-refractivity contribution in [2.45, 2.75) is 40.4 Å². The lowest BCUT2D eigenvalue weighted by atomic mass is 10.2. The highest BCUT2D eigenvalue weighted by Crippen LogP contribution is 2.33. The number of carbonyl (C=O) groups excluding carboxylic acids is 2. The third-order valence-electron chi connectivity index (χ3n) is 5.97. The molecule has 0 atom stereocenters. The van der Waals surface area contributed by atoms with Gasteiger partial charge in [-0.1, -0.05) is 0 Å². The number of esters is 1. The van der Waals surface area contributed by atoms with Crippen LogP contribution in [0.4, 0.5) is 0 Å². The van der Waals surface area contributed by atoms with E-state index in [1.54, 1.807) is 38.1 Å². The molecule has 0 aliphatic heterocycles. The molecule has 0 aliphatic rings. The lowest BCUT2D eigenvalue weighted by Gasteiger charge is -2.14. The molecule has 0 radical (unpaired) electrons. The lowest BCUT2D eigenvalue weighted by Crippen LogP contribution is -2.19. The Balaban J connectivity index is 1.30. The number of aromatic nitrogens is 1. The van der Waals surface area contributed by atoms with Crippen LogP contribution in [0.5, 0.6) is 17.2 Å². The maximum absolute atomic E-state index is 12.5. The normalized spacial score (nSPS) is 11.1. The summed E-state index contributed by atoms with van der Waals surface area (Å²) in [6, 6.07) is 18.6. The van der Waals surface area contributed by atoms with E-state index in [1.165, 1.54) is 13.3 Å². The van der Waals surface area contributed by atoms with Gasteiger partial charge in [0.05, 0.1) is 23.0 Å². The van der Waals surface area contributed by atoms with Crippen LogP contribution in [-0.4, -0.2) is 42.5 Å². The van der Waals surface area contributed by atoms with Gasteiger partial charge in [-0.3, -0.25) is 4.79 Å². The van der Waals surface area contributed by atoms with Crippen LogP contribution in [0.1, 0.15) is 47.1 Å². The minimum atomic E-state index is -0.510. The number of benzene rings is 2. The van der Waals surface area contributed by atoms with Crippen molar-refractivity contribution in [2.75, 3.05) is 13.7 Å². The van der Waals surface area contributed by atoms with Gasteiger partial charge in [-0.15, -0.1) is 0 Å². The first-order chi connectivity index (χ1) is 20.1. The standard InChI is InChI=1S/C31H32IN3O7/c1-19(2)41-29(36)18-40-30-26(32)14-22(15-28(30)38-5)16-33-34-31(37)27-13-12-25(42-27)17-39-24-10-8-23(9-11-24)35-20(3)6-7-21(35)4/h6-16,19H,17-18H2,1-5H3,(H,34,37)/b33-16+. The Morgan fingerprint density at radius 1 is 1.02 bits per heavy atom. The van der Waals surface area contributed by atoms with Crippen LogP contribution in [0.25, 0.3) is 5.69 Å². The molecule has 0 fully saturated rings. The summed E-state index contributed by atoms with van der Waals surface area (Å²) in [5, 5.41) is 4.02. The van der Waals surface area contributed by atoms with Crippen LogP contribution in [0.15, 0.2) is 70.2 Å². The van der Waals surface area contributed by atoms with Crippen LogP contribution in [0.2, 0.25) is 0 Å². The highest BCUT2D eigenvalue weighted by molar-refractivity contribution is 14.1. The largest absolute Gasteiger partial charge is 0.493 e. The van der Waals surface area contributed by atoms with E-state index in [0.717, 1.165) is 17.1 Å². The van der Waals surface area contributed by atoms with Crippen molar-refractivity contribution in [3.8, 4) is 22.9 Å². The number of aryl methyl sites for hydroxylation is 2. The Hall–Kier alpha value is -4.26. The van der Waals surface area contributed by atoms with Gasteiger partial charge in [0.1, 0.15) is 18.1 Å².